The van der Waals surface area contributed by atoms with E-state index >= 15 is 0 Å². The molecule has 0 atom stereocenters. The fourth-order valence-corrected chi connectivity index (χ4v) is 5.74. The maximum absolute atomic E-state index is 13.4. The largest absolute Gasteiger partial charge is 0.484 e. The van der Waals surface area contributed by atoms with Gasteiger partial charge in [0.05, 0.1) is 16.8 Å². The molecule has 0 unspecified atom stereocenters. The molecule has 0 aliphatic carbocycles. The number of hydrogen-bond acceptors (Lipinski definition) is 6. The van der Waals surface area contributed by atoms with Crippen molar-refractivity contribution < 1.29 is 22.7 Å². The van der Waals surface area contributed by atoms with Crippen molar-refractivity contribution in [2.24, 2.45) is 5.10 Å². The van der Waals surface area contributed by atoms with Gasteiger partial charge in [-0.3, -0.25) is 13.9 Å². The minimum Gasteiger partial charge on any atom is -0.484 e. The zero-order chi connectivity index (χ0) is 27.7. The number of nitrogens with one attached hydrogen (secondary N) is 1. The van der Waals surface area contributed by atoms with Gasteiger partial charge in [-0.05, 0) is 79.8 Å². The van der Waals surface area contributed by atoms with Crippen LogP contribution in [-0.4, -0.2) is 57.6 Å². The Morgan fingerprint density at radius 3 is 2.31 bits per heavy atom. The number of hydrogen-bond donors (Lipinski definition) is 1. The Bertz CT molecular complexity index is 1400. The van der Waals surface area contributed by atoms with E-state index in [1.807, 2.05) is 4.90 Å². The van der Waals surface area contributed by atoms with Crippen LogP contribution in [0.1, 0.15) is 30.4 Å². The van der Waals surface area contributed by atoms with Crippen LogP contribution in [-0.2, 0) is 19.6 Å². The molecule has 10 heteroatoms. The van der Waals surface area contributed by atoms with Gasteiger partial charge in [0.2, 0.25) is 0 Å². The van der Waals surface area contributed by atoms with Crippen molar-refractivity contribution in [2.75, 3.05) is 30.5 Å². The highest BCUT2D eigenvalue weighted by molar-refractivity contribution is 7.92. The Balaban J connectivity index is 1.36. The lowest BCUT2D eigenvalue weighted by atomic mass is 10.1. The van der Waals surface area contributed by atoms with Gasteiger partial charge in [0, 0.05) is 13.1 Å². The van der Waals surface area contributed by atoms with Gasteiger partial charge in [0.1, 0.15) is 12.3 Å². The van der Waals surface area contributed by atoms with Crippen LogP contribution in [0.15, 0.2) is 88.9 Å². The van der Waals surface area contributed by atoms with E-state index in [1.54, 1.807) is 73.7 Å². The number of likely N-dealkylation sites (tertiary alicyclic amines) is 1. The highest BCUT2D eigenvalue weighted by atomic mass is 32.2. The number of carbonyl (C=O) groups is 2. The number of ether oxygens (including phenoxy) is 1. The summed E-state index contributed by atoms with van der Waals surface area (Å²) in [6.45, 7) is 2.90. The molecule has 1 aliphatic heterocycles. The third kappa shape index (κ3) is 7.44. The smallest absolute Gasteiger partial charge is 0.264 e. The molecule has 0 saturated carbocycles. The topological polar surface area (TPSA) is 108 Å². The third-order valence-corrected chi connectivity index (χ3v) is 8.13. The first kappa shape index (κ1) is 27.8. The minimum atomic E-state index is -3.99. The number of sulfonamides is 1. The van der Waals surface area contributed by atoms with Crippen LogP contribution >= 0.6 is 0 Å². The summed E-state index contributed by atoms with van der Waals surface area (Å²) < 4.78 is 33.5. The Kier molecular flexibility index (Phi) is 9.32. The second kappa shape index (κ2) is 13.1. The summed E-state index contributed by atoms with van der Waals surface area (Å²) in [6, 6.07) is 21.9. The van der Waals surface area contributed by atoms with Crippen LogP contribution in [0.25, 0.3) is 0 Å². The number of carbonyl (C=O) groups excluding carboxylic acids is 2. The lowest BCUT2D eigenvalue weighted by Crippen LogP contribution is -2.40. The molecule has 1 N–H and O–H groups in total. The average Bonchev–Trinajstić information content (AvgIpc) is 2.96. The number of benzene rings is 3. The number of amides is 2. The van der Waals surface area contributed by atoms with Gasteiger partial charge in [-0.25, -0.2) is 13.8 Å². The monoisotopic (exact) mass is 548 g/mol. The second-order valence-corrected chi connectivity index (χ2v) is 11.1. The molecule has 39 heavy (non-hydrogen) atoms. The van der Waals surface area contributed by atoms with Crippen molar-refractivity contribution >= 4 is 33.7 Å². The van der Waals surface area contributed by atoms with Crippen LogP contribution in [0, 0.1) is 6.92 Å². The Morgan fingerprint density at radius 2 is 1.62 bits per heavy atom. The van der Waals surface area contributed by atoms with Crippen LogP contribution in [0.4, 0.5) is 5.69 Å². The SMILES string of the molecule is Cc1ccccc1N(CC(=O)N/N=C\c1ccc(OCC(=O)N2CCCCC2)cc1)S(=O)(=O)c1ccccc1. The quantitative estimate of drug-likeness (QED) is 0.307. The van der Waals surface area contributed by atoms with E-state index in [0.29, 0.717) is 22.6 Å². The van der Waals surface area contributed by atoms with Crippen molar-refractivity contribution in [3.63, 3.8) is 0 Å². The second-order valence-electron chi connectivity index (χ2n) is 9.20. The summed E-state index contributed by atoms with van der Waals surface area (Å²) in [5.74, 6) is -0.0520. The Morgan fingerprint density at radius 1 is 0.949 bits per heavy atom. The van der Waals surface area contributed by atoms with E-state index in [0.717, 1.165) is 36.7 Å². The van der Waals surface area contributed by atoms with Gasteiger partial charge in [-0.1, -0.05) is 36.4 Å². The standard InChI is InChI=1S/C29H32N4O5S/c1-23-10-6-7-13-27(23)33(39(36,37)26-11-4-2-5-12-26)21-28(34)31-30-20-24-14-16-25(17-15-24)38-22-29(35)32-18-8-3-9-19-32/h2,4-7,10-17,20H,3,8-9,18-19,21-22H2,1H3,(H,31,34)/b30-20-. The molecule has 204 valence electrons. The maximum Gasteiger partial charge on any atom is 0.264 e. The maximum atomic E-state index is 13.4. The summed E-state index contributed by atoms with van der Waals surface area (Å²) in [6.07, 6.45) is 4.67. The normalized spacial score (nSPS) is 13.7. The molecule has 2 amide bonds. The molecule has 1 fully saturated rings. The summed E-state index contributed by atoms with van der Waals surface area (Å²) in [5.41, 5.74) is 4.23. The number of rotatable bonds is 10. The molecule has 3 aromatic carbocycles. The number of anilines is 1. The number of aryl methyl sites for hydroxylation is 1. The highest BCUT2D eigenvalue weighted by Crippen LogP contribution is 2.26. The Hall–Kier alpha value is -4.18. The van der Waals surface area contributed by atoms with Gasteiger partial charge in [-0.15, -0.1) is 0 Å². The molecule has 3 aromatic rings. The predicted molar refractivity (Wildman–Crippen MR) is 150 cm³/mol. The van der Waals surface area contributed by atoms with E-state index in [-0.39, 0.29) is 17.4 Å². The number of piperidine rings is 1. The molecule has 9 nitrogen and oxygen atoms in total. The van der Waals surface area contributed by atoms with Crippen molar-refractivity contribution in [2.45, 2.75) is 31.1 Å². The molecule has 4 rings (SSSR count). The van der Waals surface area contributed by atoms with E-state index in [1.165, 1.54) is 18.3 Å². The van der Waals surface area contributed by atoms with Gasteiger partial charge in [0.25, 0.3) is 21.8 Å². The highest BCUT2D eigenvalue weighted by Gasteiger charge is 2.28. The minimum absolute atomic E-state index is 0.00717. The third-order valence-electron chi connectivity index (χ3n) is 6.36. The molecular weight excluding hydrogens is 516 g/mol. The van der Waals surface area contributed by atoms with E-state index in [2.05, 4.69) is 10.5 Å². The molecular formula is C29H32N4O5S. The Labute approximate surface area is 229 Å². The number of hydrazone groups is 1. The van der Waals surface area contributed by atoms with Crippen LogP contribution in [0.2, 0.25) is 0 Å². The fraction of sp³-hybridized carbons (Fsp3) is 0.276. The molecule has 0 radical (unpaired) electrons. The van der Waals surface area contributed by atoms with Crippen LogP contribution in [0.5, 0.6) is 5.75 Å². The van der Waals surface area contributed by atoms with Gasteiger partial charge in [0.15, 0.2) is 6.61 Å². The van der Waals surface area contributed by atoms with Gasteiger partial charge >= 0.3 is 0 Å². The summed E-state index contributed by atoms with van der Waals surface area (Å²) in [5, 5.41) is 3.98. The first-order valence-corrected chi connectivity index (χ1v) is 14.2. The molecule has 0 aromatic heterocycles. The first-order chi connectivity index (χ1) is 18.8. The summed E-state index contributed by atoms with van der Waals surface area (Å²) >= 11 is 0. The average molecular weight is 549 g/mol. The van der Waals surface area contributed by atoms with E-state index < -0.39 is 22.5 Å². The summed E-state index contributed by atoms with van der Waals surface area (Å²) in [4.78, 5) is 26.9. The molecule has 0 spiro atoms. The van der Waals surface area contributed by atoms with Crippen molar-refractivity contribution in [1.29, 1.82) is 0 Å². The van der Waals surface area contributed by atoms with Crippen LogP contribution < -0.4 is 14.5 Å². The van der Waals surface area contributed by atoms with E-state index in [4.69, 9.17) is 4.74 Å². The van der Waals surface area contributed by atoms with Gasteiger partial charge in [-0.2, -0.15) is 5.10 Å². The first-order valence-electron chi connectivity index (χ1n) is 12.8. The molecule has 1 heterocycles. The fourth-order valence-electron chi connectivity index (χ4n) is 4.24. The van der Waals surface area contributed by atoms with E-state index in [9.17, 15) is 18.0 Å². The van der Waals surface area contributed by atoms with Crippen LogP contribution in [0.3, 0.4) is 0 Å². The van der Waals surface area contributed by atoms with Gasteiger partial charge < -0.3 is 9.64 Å². The lowest BCUT2D eigenvalue weighted by Gasteiger charge is -2.26. The zero-order valence-electron chi connectivity index (χ0n) is 21.8. The summed E-state index contributed by atoms with van der Waals surface area (Å²) in [7, 11) is -3.99. The predicted octanol–water partition coefficient (Wildman–Crippen LogP) is 3.73. The molecule has 1 aliphatic rings. The number of nitrogens with zero attached hydrogens (tertiary/aromatic N) is 3. The molecule has 1 saturated heterocycles. The van der Waals surface area contributed by atoms with Crippen molar-refractivity contribution in [1.82, 2.24) is 10.3 Å². The molecule has 0 bridgehead atoms. The lowest BCUT2D eigenvalue weighted by molar-refractivity contribution is -0.134. The number of para-hydroxylation sites is 1. The van der Waals surface area contributed by atoms with Crippen molar-refractivity contribution in [3.05, 3.63) is 90.0 Å². The van der Waals surface area contributed by atoms with Crippen molar-refractivity contribution in [3.8, 4) is 5.75 Å². The zero-order valence-corrected chi connectivity index (χ0v) is 22.6.